The second-order valence-corrected chi connectivity index (χ2v) is 5.72. The van der Waals surface area contributed by atoms with Crippen LogP contribution in [0, 0.1) is 0 Å². The molecule has 0 saturated carbocycles. The van der Waals surface area contributed by atoms with E-state index < -0.39 is 48.1 Å². The van der Waals surface area contributed by atoms with Crippen molar-refractivity contribution >= 4 is 11.9 Å². The summed E-state index contributed by atoms with van der Waals surface area (Å²) in [5.74, 6) is -3.46. The van der Waals surface area contributed by atoms with Crippen LogP contribution >= 0.6 is 0 Å². The fraction of sp³-hybridized carbons (Fsp3) is 0.733. The fourth-order valence-electron chi connectivity index (χ4n) is 2.65. The minimum absolute atomic E-state index is 0.102. The van der Waals surface area contributed by atoms with Gasteiger partial charge in [0, 0.05) is 19.9 Å². The van der Waals surface area contributed by atoms with Gasteiger partial charge in [-0.2, -0.15) is 0 Å². The van der Waals surface area contributed by atoms with E-state index in [1.807, 2.05) is 0 Å². The maximum atomic E-state index is 12.2. The first-order valence-electron chi connectivity index (χ1n) is 7.74. The fourth-order valence-corrected chi connectivity index (χ4v) is 2.65. The Balaban J connectivity index is 3.23. The normalized spacial score (nSPS) is 31.7. The Morgan fingerprint density at radius 3 is 2.64 bits per heavy atom. The van der Waals surface area contributed by atoms with Crippen LogP contribution in [0.1, 0.15) is 13.3 Å². The number of amides is 1. The van der Waals surface area contributed by atoms with Gasteiger partial charge in [-0.05, 0) is 0 Å². The Labute approximate surface area is 145 Å². The van der Waals surface area contributed by atoms with Crippen molar-refractivity contribution in [3.8, 4) is 0 Å². The molecule has 1 rings (SSSR count). The Bertz CT molecular complexity index is 488. The summed E-state index contributed by atoms with van der Waals surface area (Å²) in [7, 11) is 1.11. The summed E-state index contributed by atoms with van der Waals surface area (Å²) in [5, 5.41) is 33.0. The minimum atomic E-state index is -2.03. The molecule has 25 heavy (non-hydrogen) atoms. The van der Waals surface area contributed by atoms with Crippen LogP contribution in [-0.4, -0.2) is 83.7 Å². The summed E-state index contributed by atoms with van der Waals surface area (Å²) in [6.45, 7) is 4.28. The van der Waals surface area contributed by atoms with E-state index in [1.54, 1.807) is 0 Å². The van der Waals surface area contributed by atoms with Gasteiger partial charge in [-0.1, -0.05) is 6.08 Å². The molecule has 0 aromatic rings. The monoisotopic (exact) mass is 362 g/mol. The maximum absolute atomic E-state index is 12.2. The standard InChI is InChI=1S/C15H26N2O8/c1-4-5-24-15(14(22)23-3)6-9(19)11(17-8(2)18)13(25-15)12(21)10(20)7-16/h4,9-13,19-21H,1,5-7,16H2,2-3H3,(H,17,18)/t9-,10-,11+,12-,13?,15-/m1/s1. The summed E-state index contributed by atoms with van der Waals surface area (Å²) in [4.78, 5) is 23.6. The van der Waals surface area contributed by atoms with Crippen LogP contribution in [0.4, 0.5) is 0 Å². The van der Waals surface area contributed by atoms with Crippen LogP contribution in [-0.2, 0) is 23.8 Å². The first-order valence-corrected chi connectivity index (χ1v) is 7.74. The molecule has 0 spiro atoms. The molecule has 0 aromatic heterocycles. The second-order valence-electron chi connectivity index (χ2n) is 5.72. The van der Waals surface area contributed by atoms with Crippen molar-refractivity contribution in [2.75, 3.05) is 20.3 Å². The zero-order valence-electron chi connectivity index (χ0n) is 14.3. The molecule has 1 aliphatic heterocycles. The summed E-state index contributed by atoms with van der Waals surface area (Å²) in [6, 6.07) is -1.10. The number of ether oxygens (including phenoxy) is 3. The largest absolute Gasteiger partial charge is 0.465 e. The molecule has 0 aliphatic carbocycles. The van der Waals surface area contributed by atoms with Gasteiger partial charge in [-0.3, -0.25) is 4.79 Å². The maximum Gasteiger partial charge on any atom is 0.366 e. The molecule has 6 N–H and O–H groups in total. The van der Waals surface area contributed by atoms with Crippen molar-refractivity contribution in [1.29, 1.82) is 0 Å². The molecule has 1 aliphatic rings. The third kappa shape index (κ3) is 4.97. The predicted octanol–water partition coefficient (Wildman–Crippen LogP) is -2.61. The van der Waals surface area contributed by atoms with Gasteiger partial charge >= 0.3 is 5.97 Å². The van der Waals surface area contributed by atoms with Gasteiger partial charge in [0.1, 0.15) is 12.2 Å². The summed E-state index contributed by atoms with van der Waals surface area (Å²) in [5.41, 5.74) is 5.34. The number of hydrogen-bond donors (Lipinski definition) is 5. The van der Waals surface area contributed by atoms with Crippen molar-refractivity contribution in [3.05, 3.63) is 12.7 Å². The number of aliphatic hydroxyl groups excluding tert-OH is 3. The molecular weight excluding hydrogens is 336 g/mol. The topological polar surface area (TPSA) is 161 Å². The van der Waals surface area contributed by atoms with E-state index in [-0.39, 0.29) is 19.6 Å². The number of nitrogens with two attached hydrogens (primary N) is 1. The molecular formula is C15H26N2O8. The number of methoxy groups -OCH3 is 1. The number of hydrogen-bond acceptors (Lipinski definition) is 9. The third-order valence-electron chi connectivity index (χ3n) is 3.85. The molecule has 1 unspecified atom stereocenters. The quantitative estimate of drug-likeness (QED) is 0.230. The minimum Gasteiger partial charge on any atom is -0.465 e. The third-order valence-corrected chi connectivity index (χ3v) is 3.85. The summed E-state index contributed by atoms with van der Waals surface area (Å²) >= 11 is 0. The zero-order chi connectivity index (χ0) is 19.2. The molecule has 6 atom stereocenters. The Morgan fingerprint density at radius 2 is 2.16 bits per heavy atom. The average Bonchev–Trinajstić information content (AvgIpc) is 2.59. The molecule has 10 heteroatoms. The highest BCUT2D eigenvalue weighted by Gasteiger charge is 2.56. The van der Waals surface area contributed by atoms with Crippen LogP contribution in [0.2, 0.25) is 0 Å². The molecule has 10 nitrogen and oxygen atoms in total. The number of carbonyl (C=O) groups is 2. The average molecular weight is 362 g/mol. The summed E-state index contributed by atoms with van der Waals surface area (Å²) in [6.07, 6.45) is -4.73. The number of esters is 1. The Morgan fingerprint density at radius 1 is 1.52 bits per heavy atom. The van der Waals surface area contributed by atoms with E-state index >= 15 is 0 Å². The number of carbonyl (C=O) groups excluding carboxylic acids is 2. The lowest BCUT2D eigenvalue weighted by Crippen LogP contribution is -2.68. The second kappa shape index (κ2) is 9.22. The van der Waals surface area contributed by atoms with Crippen molar-refractivity contribution in [2.24, 2.45) is 5.73 Å². The van der Waals surface area contributed by atoms with E-state index in [2.05, 4.69) is 16.6 Å². The van der Waals surface area contributed by atoms with Gasteiger partial charge in [0.15, 0.2) is 0 Å². The van der Waals surface area contributed by atoms with E-state index in [4.69, 9.17) is 15.2 Å². The van der Waals surface area contributed by atoms with Crippen LogP contribution in [0.15, 0.2) is 12.7 Å². The van der Waals surface area contributed by atoms with Gasteiger partial charge in [0.2, 0.25) is 5.91 Å². The molecule has 1 fully saturated rings. The highest BCUT2D eigenvalue weighted by Crippen LogP contribution is 2.34. The van der Waals surface area contributed by atoms with Crippen molar-refractivity contribution in [1.82, 2.24) is 5.32 Å². The molecule has 1 heterocycles. The SMILES string of the molecule is C=CCO[C@]1(C(=O)OC)C[C@@H](O)[C@H](NC(C)=O)C([C@H](O)[C@H](O)CN)O1. The molecule has 0 radical (unpaired) electrons. The van der Waals surface area contributed by atoms with Crippen LogP contribution in [0.3, 0.4) is 0 Å². The first-order chi connectivity index (χ1) is 11.7. The number of nitrogens with one attached hydrogen (secondary N) is 1. The lowest BCUT2D eigenvalue weighted by atomic mass is 9.88. The molecule has 1 saturated heterocycles. The van der Waals surface area contributed by atoms with E-state index in [0.717, 1.165) is 7.11 Å². The lowest BCUT2D eigenvalue weighted by Gasteiger charge is -2.46. The van der Waals surface area contributed by atoms with E-state index in [1.165, 1.54) is 13.0 Å². The smallest absolute Gasteiger partial charge is 0.366 e. The highest BCUT2D eigenvalue weighted by molar-refractivity contribution is 5.78. The van der Waals surface area contributed by atoms with Crippen molar-refractivity contribution < 1.29 is 39.1 Å². The Kier molecular flexibility index (Phi) is 7.93. The van der Waals surface area contributed by atoms with Crippen LogP contribution in [0.5, 0.6) is 0 Å². The molecule has 144 valence electrons. The first kappa shape index (κ1) is 21.5. The van der Waals surface area contributed by atoms with Crippen LogP contribution < -0.4 is 11.1 Å². The highest BCUT2D eigenvalue weighted by atomic mass is 16.7. The van der Waals surface area contributed by atoms with Gasteiger partial charge < -0.3 is 40.6 Å². The summed E-state index contributed by atoms with van der Waals surface area (Å²) < 4.78 is 15.7. The lowest BCUT2D eigenvalue weighted by molar-refractivity contribution is -0.308. The van der Waals surface area contributed by atoms with Gasteiger partial charge in [0.05, 0.1) is 32.0 Å². The van der Waals surface area contributed by atoms with E-state index in [0.29, 0.717) is 0 Å². The van der Waals surface area contributed by atoms with E-state index in [9.17, 15) is 24.9 Å². The van der Waals surface area contributed by atoms with Gasteiger partial charge in [-0.25, -0.2) is 4.79 Å². The van der Waals surface area contributed by atoms with Gasteiger partial charge in [0.25, 0.3) is 5.79 Å². The van der Waals surface area contributed by atoms with Gasteiger partial charge in [-0.15, -0.1) is 6.58 Å². The predicted molar refractivity (Wildman–Crippen MR) is 85.1 cm³/mol. The molecule has 0 aromatic carbocycles. The van der Waals surface area contributed by atoms with Crippen molar-refractivity contribution in [3.63, 3.8) is 0 Å². The van der Waals surface area contributed by atoms with Crippen LogP contribution in [0.25, 0.3) is 0 Å². The molecule has 0 bridgehead atoms. The molecule has 1 amide bonds. The zero-order valence-corrected chi connectivity index (χ0v) is 14.3. The number of rotatable bonds is 8. The van der Waals surface area contributed by atoms with Crippen molar-refractivity contribution in [2.45, 2.75) is 49.6 Å². The number of aliphatic hydroxyl groups is 3. The Hall–Kier alpha value is -1.56.